The second-order valence-corrected chi connectivity index (χ2v) is 6.06. The van der Waals surface area contributed by atoms with Crippen LogP contribution in [0, 0.1) is 6.92 Å². The van der Waals surface area contributed by atoms with Crippen molar-refractivity contribution in [2.75, 3.05) is 11.9 Å². The Morgan fingerprint density at radius 1 is 1.23 bits per heavy atom. The van der Waals surface area contributed by atoms with Crippen LogP contribution in [0.15, 0.2) is 18.2 Å². The topological polar surface area (TPSA) is 78.4 Å². The number of aliphatic hydroxyl groups is 1. The zero-order valence-corrected chi connectivity index (χ0v) is 13.2. The predicted molar refractivity (Wildman–Crippen MR) is 85.6 cm³/mol. The highest BCUT2D eigenvalue weighted by Crippen LogP contribution is 2.28. The van der Waals surface area contributed by atoms with Gasteiger partial charge in [0, 0.05) is 12.2 Å². The van der Waals surface area contributed by atoms with Gasteiger partial charge >= 0.3 is 11.8 Å². The lowest BCUT2D eigenvalue weighted by Crippen LogP contribution is -2.44. The van der Waals surface area contributed by atoms with E-state index in [-0.39, 0.29) is 6.54 Å². The van der Waals surface area contributed by atoms with Crippen LogP contribution in [0.1, 0.15) is 43.7 Å². The van der Waals surface area contributed by atoms with E-state index in [2.05, 4.69) is 10.6 Å². The van der Waals surface area contributed by atoms with Gasteiger partial charge in [-0.25, -0.2) is 0 Å². The first kappa shape index (κ1) is 16.5. The molecule has 2 amide bonds. The normalized spacial score (nSPS) is 16.3. The van der Waals surface area contributed by atoms with Gasteiger partial charge in [-0.15, -0.1) is 0 Å². The number of nitrogens with one attached hydrogen (secondary N) is 2. The number of benzene rings is 1. The van der Waals surface area contributed by atoms with Gasteiger partial charge in [-0.05, 0) is 49.4 Å². The minimum absolute atomic E-state index is 0.132. The minimum Gasteiger partial charge on any atom is -0.388 e. The fraction of sp³-hybridized carbons (Fsp3) is 0.529. The monoisotopic (exact) mass is 304 g/mol. The van der Waals surface area contributed by atoms with Crippen LogP contribution in [-0.2, 0) is 16.0 Å². The number of aryl methyl sites for hydroxylation is 2. The van der Waals surface area contributed by atoms with Crippen molar-refractivity contribution in [1.82, 2.24) is 5.32 Å². The third kappa shape index (κ3) is 4.07. The molecule has 0 aliphatic heterocycles. The van der Waals surface area contributed by atoms with Gasteiger partial charge in [0.05, 0.1) is 5.60 Å². The third-order valence-corrected chi connectivity index (χ3v) is 4.31. The number of hydrogen-bond donors (Lipinski definition) is 3. The first-order chi connectivity index (χ1) is 10.4. The largest absolute Gasteiger partial charge is 0.388 e. The molecule has 5 heteroatoms. The second-order valence-electron chi connectivity index (χ2n) is 6.06. The maximum absolute atomic E-state index is 11.9. The van der Waals surface area contributed by atoms with Gasteiger partial charge in [-0.2, -0.15) is 0 Å². The Morgan fingerprint density at radius 2 is 1.91 bits per heavy atom. The summed E-state index contributed by atoms with van der Waals surface area (Å²) < 4.78 is 0. The summed E-state index contributed by atoms with van der Waals surface area (Å²) in [5, 5.41) is 15.3. The Bertz CT molecular complexity index is 563. The summed E-state index contributed by atoms with van der Waals surface area (Å²) in [4.78, 5) is 23.7. The lowest BCUT2D eigenvalue weighted by molar-refractivity contribution is -0.136. The van der Waals surface area contributed by atoms with Crippen LogP contribution in [0.5, 0.6) is 0 Å². The van der Waals surface area contributed by atoms with Crippen LogP contribution >= 0.6 is 0 Å². The fourth-order valence-electron chi connectivity index (χ4n) is 2.85. The Balaban J connectivity index is 1.89. The lowest BCUT2D eigenvalue weighted by Gasteiger charge is -2.22. The summed E-state index contributed by atoms with van der Waals surface area (Å²) in [6.45, 7) is 4.19. The van der Waals surface area contributed by atoms with E-state index in [9.17, 15) is 14.7 Å². The molecule has 0 aromatic heterocycles. The molecule has 0 bridgehead atoms. The summed E-state index contributed by atoms with van der Waals surface area (Å²) in [6.07, 6.45) is 4.14. The Morgan fingerprint density at radius 3 is 2.55 bits per heavy atom. The molecule has 1 aliphatic carbocycles. The number of hydrogen-bond acceptors (Lipinski definition) is 3. The van der Waals surface area contributed by atoms with Crippen LogP contribution in [0.2, 0.25) is 0 Å². The smallest absolute Gasteiger partial charge is 0.313 e. The number of anilines is 1. The van der Waals surface area contributed by atoms with E-state index in [0.29, 0.717) is 18.5 Å². The molecule has 5 nitrogen and oxygen atoms in total. The highest BCUT2D eigenvalue weighted by atomic mass is 16.3. The van der Waals surface area contributed by atoms with E-state index in [1.807, 2.05) is 26.0 Å². The zero-order chi connectivity index (χ0) is 16.2. The van der Waals surface area contributed by atoms with Crippen molar-refractivity contribution in [1.29, 1.82) is 0 Å². The molecule has 2 rings (SSSR count). The van der Waals surface area contributed by atoms with Crippen LogP contribution < -0.4 is 10.6 Å². The van der Waals surface area contributed by atoms with Crippen molar-refractivity contribution >= 4 is 17.5 Å². The quantitative estimate of drug-likeness (QED) is 0.744. The molecule has 3 N–H and O–H groups in total. The third-order valence-electron chi connectivity index (χ3n) is 4.31. The number of rotatable bonds is 4. The van der Waals surface area contributed by atoms with E-state index in [1.54, 1.807) is 6.07 Å². The summed E-state index contributed by atoms with van der Waals surface area (Å²) in [6, 6.07) is 5.59. The van der Waals surface area contributed by atoms with Crippen molar-refractivity contribution in [3.05, 3.63) is 29.3 Å². The number of carbonyl (C=O) groups excluding carboxylic acids is 2. The average molecular weight is 304 g/mol. The molecule has 0 saturated heterocycles. The summed E-state index contributed by atoms with van der Waals surface area (Å²) in [5.41, 5.74) is 2.06. The second kappa shape index (κ2) is 6.92. The van der Waals surface area contributed by atoms with Crippen LogP contribution in [0.25, 0.3) is 0 Å². The van der Waals surface area contributed by atoms with E-state index in [4.69, 9.17) is 0 Å². The van der Waals surface area contributed by atoms with Gasteiger partial charge in [0.25, 0.3) is 0 Å². The van der Waals surface area contributed by atoms with Crippen molar-refractivity contribution < 1.29 is 14.7 Å². The van der Waals surface area contributed by atoms with Gasteiger partial charge in [0.2, 0.25) is 0 Å². The first-order valence-corrected chi connectivity index (χ1v) is 7.84. The number of amides is 2. The Hall–Kier alpha value is -1.88. The Kier molecular flexibility index (Phi) is 5.19. The minimum atomic E-state index is -0.852. The molecule has 1 fully saturated rings. The van der Waals surface area contributed by atoms with Crippen molar-refractivity contribution in [2.45, 2.75) is 51.6 Å². The van der Waals surface area contributed by atoms with E-state index in [0.717, 1.165) is 30.4 Å². The van der Waals surface area contributed by atoms with Gasteiger partial charge in [-0.3, -0.25) is 9.59 Å². The van der Waals surface area contributed by atoms with E-state index >= 15 is 0 Å². The summed E-state index contributed by atoms with van der Waals surface area (Å²) in [7, 11) is 0. The highest BCUT2D eigenvalue weighted by molar-refractivity contribution is 6.39. The SMILES string of the molecule is CCc1cc(NC(=O)C(=O)NCC2(O)CCCC2)ccc1C. The fourth-order valence-corrected chi connectivity index (χ4v) is 2.85. The van der Waals surface area contributed by atoms with Crippen LogP contribution in [0.4, 0.5) is 5.69 Å². The summed E-state index contributed by atoms with van der Waals surface area (Å²) >= 11 is 0. The maximum atomic E-state index is 11.9. The van der Waals surface area contributed by atoms with Crippen molar-refractivity contribution in [3.63, 3.8) is 0 Å². The first-order valence-electron chi connectivity index (χ1n) is 7.84. The molecule has 1 saturated carbocycles. The lowest BCUT2D eigenvalue weighted by atomic mass is 10.0. The molecule has 22 heavy (non-hydrogen) atoms. The highest BCUT2D eigenvalue weighted by Gasteiger charge is 2.32. The average Bonchev–Trinajstić information content (AvgIpc) is 2.94. The molecule has 120 valence electrons. The molecule has 0 unspecified atom stereocenters. The van der Waals surface area contributed by atoms with Crippen molar-refractivity contribution in [3.8, 4) is 0 Å². The van der Waals surface area contributed by atoms with Crippen LogP contribution in [-0.4, -0.2) is 29.1 Å². The van der Waals surface area contributed by atoms with E-state index in [1.165, 1.54) is 0 Å². The zero-order valence-electron chi connectivity index (χ0n) is 13.2. The van der Waals surface area contributed by atoms with Crippen molar-refractivity contribution in [2.24, 2.45) is 0 Å². The van der Waals surface area contributed by atoms with Gasteiger partial charge in [0.1, 0.15) is 0 Å². The summed E-state index contributed by atoms with van der Waals surface area (Å²) in [5.74, 6) is -1.41. The van der Waals surface area contributed by atoms with Gasteiger partial charge in [-0.1, -0.05) is 25.8 Å². The predicted octanol–water partition coefficient (Wildman–Crippen LogP) is 1.92. The molecule has 1 aromatic carbocycles. The molecule has 0 radical (unpaired) electrons. The van der Waals surface area contributed by atoms with Gasteiger partial charge in [0.15, 0.2) is 0 Å². The molecule has 0 heterocycles. The molecular weight excluding hydrogens is 280 g/mol. The molecule has 0 spiro atoms. The Labute approximate surface area is 131 Å². The van der Waals surface area contributed by atoms with Gasteiger partial charge < -0.3 is 15.7 Å². The van der Waals surface area contributed by atoms with Crippen LogP contribution in [0.3, 0.4) is 0 Å². The molecule has 1 aromatic rings. The van der Waals surface area contributed by atoms with E-state index < -0.39 is 17.4 Å². The maximum Gasteiger partial charge on any atom is 0.313 e. The molecule has 0 atom stereocenters. The standard InChI is InChI=1S/C17H24N2O3/c1-3-13-10-14(7-6-12(13)2)19-16(21)15(20)18-11-17(22)8-4-5-9-17/h6-7,10,22H,3-5,8-9,11H2,1-2H3,(H,18,20)(H,19,21). The number of carbonyl (C=O) groups is 2. The molecule has 1 aliphatic rings. The molecular formula is C17H24N2O3.